The zero-order valence-corrected chi connectivity index (χ0v) is 20.1. The zero-order chi connectivity index (χ0) is 22.4. The first-order valence-corrected chi connectivity index (χ1v) is 11.5. The van der Waals surface area contributed by atoms with Gasteiger partial charge in [0.05, 0.1) is 22.6 Å². The van der Waals surface area contributed by atoms with Gasteiger partial charge in [0.2, 0.25) is 0 Å². The molecule has 0 spiro atoms. The van der Waals surface area contributed by atoms with Crippen molar-refractivity contribution in [2.75, 3.05) is 0 Å². The van der Waals surface area contributed by atoms with Gasteiger partial charge >= 0.3 is 5.69 Å². The molecule has 0 aliphatic heterocycles. The minimum Gasteiger partial charge on any atom is -0.281 e. The normalized spacial score (nSPS) is 12.5. The van der Waals surface area contributed by atoms with Crippen LogP contribution in [-0.2, 0) is 6.54 Å². The quantitative estimate of drug-likeness (QED) is 0.251. The molecule has 3 heterocycles. The van der Waals surface area contributed by atoms with Gasteiger partial charge in [0, 0.05) is 11.6 Å². The third-order valence-electron chi connectivity index (χ3n) is 5.60. The summed E-state index contributed by atoms with van der Waals surface area (Å²) in [5, 5.41) is 1.76. The minimum absolute atomic E-state index is 0.167. The van der Waals surface area contributed by atoms with Crippen LogP contribution in [-0.4, -0.2) is 19.1 Å². The third kappa shape index (κ3) is 3.52. The van der Waals surface area contributed by atoms with Crippen molar-refractivity contribution in [1.29, 1.82) is 0 Å². The molecule has 0 saturated heterocycles. The van der Waals surface area contributed by atoms with E-state index in [-0.39, 0.29) is 11.7 Å². The van der Waals surface area contributed by atoms with E-state index < -0.39 is 0 Å². The summed E-state index contributed by atoms with van der Waals surface area (Å²) in [4.78, 5) is 23.2. The molecule has 0 aliphatic rings. The molecule has 32 heavy (non-hydrogen) atoms. The second kappa shape index (κ2) is 8.35. The van der Waals surface area contributed by atoms with Gasteiger partial charge in [-0.05, 0) is 58.2 Å². The van der Waals surface area contributed by atoms with Gasteiger partial charge in [-0.3, -0.25) is 14.1 Å². The van der Waals surface area contributed by atoms with Crippen LogP contribution in [0.15, 0.2) is 76.3 Å². The van der Waals surface area contributed by atoms with Crippen molar-refractivity contribution in [3.05, 3.63) is 103 Å². The van der Waals surface area contributed by atoms with Crippen LogP contribution in [0, 0.1) is 0 Å². The highest BCUT2D eigenvalue weighted by atomic mass is 79.9. The molecular formula is C24H17BrCl2N4O. The second-order valence-corrected chi connectivity index (χ2v) is 9.11. The van der Waals surface area contributed by atoms with E-state index in [0.29, 0.717) is 32.4 Å². The van der Waals surface area contributed by atoms with Crippen LogP contribution in [0.3, 0.4) is 0 Å². The molecule has 160 valence electrons. The van der Waals surface area contributed by atoms with Crippen molar-refractivity contribution in [2.24, 2.45) is 0 Å². The molecule has 8 heteroatoms. The summed E-state index contributed by atoms with van der Waals surface area (Å²) >= 11 is 15.9. The SMILES string of the molecule is C[C@@H](c1ccccc1)n1c(=O)n(Cc2ccc(Cl)c(Cl)c2)c2nc(Br)c3cccnc3c21. The molecule has 0 N–H and O–H groups in total. The number of pyridine rings is 2. The van der Waals surface area contributed by atoms with Gasteiger partial charge in [0.1, 0.15) is 15.6 Å². The lowest BCUT2D eigenvalue weighted by Gasteiger charge is -2.14. The predicted molar refractivity (Wildman–Crippen MR) is 133 cm³/mol. The predicted octanol–water partition coefficient (Wildman–Crippen LogP) is 6.47. The Morgan fingerprint density at radius 1 is 1.03 bits per heavy atom. The lowest BCUT2D eigenvalue weighted by molar-refractivity contribution is 0.606. The highest BCUT2D eigenvalue weighted by Gasteiger charge is 2.24. The van der Waals surface area contributed by atoms with E-state index >= 15 is 0 Å². The molecule has 0 aliphatic carbocycles. The maximum atomic E-state index is 13.8. The van der Waals surface area contributed by atoms with E-state index in [4.69, 9.17) is 28.2 Å². The summed E-state index contributed by atoms with van der Waals surface area (Å²) < 4.78 is 4.07. The molecule has 0 unspecified atom stereocenters. The number of halogens is 3. The van der Waals surface area contributed by atoms with Gasteiger partial charge in [-0.2, -0.15) is 0 Å². The molecule has 0 saturated carbocycles. The number of aromatic nitrogens is 4. The summed E-state index contributed by atoms with van der Waals surface area (Å²) in [6.45, 7) is 2.31. The minimum atomic E-state index is -0.213. The molecule has 0 fully saturated rings. The Kier molecular flexibility index (Phi) is 5.53. The summed E-state index contributed by atoms with van der Waals surface area (Å²) in [5.41, 5.74) is 3.69. The number of rotatable bonds is 4. The lowest BCUT2D eigenvalue weighted by atomic mass is 10.1. The maximum Gasteiger partial charge on any atom is 0.331 e. The standard InChI is InChI=1S/C24H17BrCl2N4O/c1-14(16-6-3-2-4-7-16)31-21-20-17(8-5-11-28-20)22(25)29-23(21)30(24(31)32)13-15-9-10-18(26)19(27)12-15/h2-12,14H,13H2,1H3/t14-/m0/s1. The highest BCUT2D eigenvalue weighted by molar-refractivity contribution is 9.10. The fourth-order valence-corrected chi connectivity index (χ4v) is 4.81. The van der Waals surface area contributed by atoms with Crippen LogP contribution in [0.5, 0.6) is 0 Å². The van der Waals surface area contributed by atoms with Crippen LogP contribution in [0.25, 0.3) is 22.1 Å². The largest absolute Gasteiger partial charge is 0.331 e. The second-order valence-electron chi connectivity index (χ2n) is 7.55. The van der Waals surface area contributed by atoms with Crippen molar-refractivity contribution < 1.29 is 0 Å². The van der Waals surface area contributed by atoms with E-state index in [2.05, 4.69) is 20.9 Å². The third-order valence-corrected chi connectivity index (χ3v) is 6.94. The Hall–Kier alpha value is -2.67. The summed E-state index contributed by atoms with van der Waals surface area (Å²) in [5.74, 6) is 0. The Morgan fingerprint density at radius 2 is 1.81 bits per heavy atom. The molecule has 5 nitrogen and oxygen atoms in total. The number of fused-ring (bicyclic) bond motifs is 3. The number of hydrogen-bond acceptors (Lipinski definition) is 3. The smallest absolute Gasteiger partial charge is 0.281 e. The molecule has 0 radical (unpaired) electrons. The Balaban J connectivity index is 1.82. The van der Waals surface area contributed by atoms with Crippen molar-refractivity contribution in [3.8, 4) is 0 Å². The molecule has 1 atom stereocenters. The molecule has 0 bridgehead atoms. The first kappa shape index (κ1) is 21.2. The van der Waals surface area contributed by atoms with Gasteiger partial charge in [-0.25, -0.2) is 9.78 Å². The topological polar surface area (TPSA) is 52.7 Å². The van der Waals surface area contributed by atoms with Crippen LogP contribution in [0.2, 0.25) is 10.0 Å². The van der Waals surface area contributed by atoms with Gasteiger partial charge in [0.25, 0.3) is 0 Å². The van der Waals surface area contributed by atoms with Gasteiger partial charge < -0.3 is 0 Å². The molecular weight excluding hydrogens is 511 g/mol. The number of imidazole rings is 1. The fourth-order valence-electron chi connectivity index (χ4n) is 4.00. The number of benzene rings is 2. The molecule has 0 amide bonds. The van der Waals surface area contributed by atoms with Crippen LogP contribution >= 0.6 is 39.1 Å². The fraction of sp³-hybridized carbons (Fsp3) is 0.125. The molecule has 5 aromatic rings. The van der Waals surface area contributed by atoms with Crippen molar-refractivity contribution in [3.63, 3.8) is 0 Å². The van der Waals surface area contributed by atoms with Crippen LogP contribution < -0.4 is 5.69 Å². The Labute approximate surface area is 202 Å². The zero-order valence-electron chi connectivity index (χ0n) is 17.0. The number of nitrogens with zero attached hydrogens (tertiary/aromatic N) is 4. The molecule has 5 rings (SSSR count). The van der Waals surface area contributed by atoms with Crippen molar-refractivity contribution >= 4 is 61.2 Å². The van der Waals surface area contributed by atoms with Crippen molar-refractivity contribution in [1.82, 2.24) is 19.1 Å². The molecule has 3 aromatic heterocycles. The van der Waals surface area contributed by atoms with Gasteiger partial charge in [0.15, 0.2) is 5.65 Å². The van der Waals surface area contributed by atoms with Gasteiger partial charge in [-0.1, -0.05) is 59.6 Å². The van der Waals surface area contributed by atoms with E-state index in [1.165, 1.54) is 0 Å². The Morgan fingerprint density at radius 3 is 2.56 bits per heavy atom. The van der Waals surface area contributed by atoms with E-state index in [9.17, 15) is 4.79 Å². The summed E-state index contributed by atoms with van der Waals surface area (Å²) in [6, 6.07) is 18.9. The molecule has 2 aromatic carbocycles. The summed E-state index contributed by atoms with van der Waals surface area (Å²) in [6.07, 6.45) is 1.73. The summed E-state index contributed by atoms with van der Waals surface area (Å²) in [7, 11) is 0. The van der Waals surface area contributed by atoms with E-state index in [1.807, 2.05) is 55.5 Å². The van der Waals surface area contributed by atoms with E-state index in [1.54, 1.807) is 27.5 Å². The first-order valence-electron chi connectivity index (χ1n) is 9.99. The lowest BCUT2D eigenvalue weighted by Crippen LogP contribution is -2.27. The average molecular weight is 528 g/mol. The van der Waals surface area contributed by atoms with E-state index in [0.717, 1.165) is 22.0 Å². The highest BCUT2D eigenvalue weighted by Crippen LogP contribution is 2.31. The maximum absolute atomic E-state index is 13.8. The Bertz CT molecular complexity index is 1530. The monoisotopic (exact) mass is 526 g/mol. The van der Waals surface area contributed by atoms with Crippen LogP contribution in [0.1, 0.15) is 24.1 Å². The van der Waals surface area contributed by atoms with Crippen molar-refractivity contribution in [2.45, 2.75) is 19.5 Å². The van der Waals surface area contributed by atoms with Gasteiger partial charge in [-0.15, -0.1) is 0 Å². The number of hydrogen-bond donors (Lipinski definition) is 0. The van der Waals surface area contributed by atoms with Crippen LogP contribution in [0.4, 0.5) is 0 Å². The average Bonchev–Trinajstić information content (AvgIpc) is 3.08. The first-order chi connectivity index (χ1) is 15.5.